The van der Waals surface area contributed by atoms with E-state index in [-0.39, 0.29) is 18.7 Å². The van der Waals surface area contributed by atoms with Crippen LogP contribution in [0.25, 0.3) is 0 Å². The molecule has 0 radical (unpaired) electrons. The number of likely N-dealkylation sites (N-methyl/N-ethyl adjacent to an activating group) is 1. The molecule has 1 aliphatic heterocycles. The van der Waals surface area contributed by atoms with Crippen LogP contribution in [0.15, 0.2) is 36.4 Å². The average Bonchev–Trinajstić information content (AvgIpc) is 3.16. The molecule has 3 rings (SSSR count). The fourth-order valence-corrected chi connectivity index (χ4v) is 3.02. The number of methoxy groups -OCH3 is 1. The van der Waals surface area contributed by atoms with Crippen LogP contribution in [0.3, 0.4) is 0 Å². The maximum Gasteiger partial charge on any atom is 0.282 e. The number of ether oxygens (including phenoxy) is 4. The molecule has 0 aromatic heterocycles. The number of hydrogen-bond donors (Lipinski definition) is 2. The van der Waals surface area contributed by atoms with Crippen LogP contribution in [0, 0.1) is 0 Å². The highest BCUT2D eigenvalue weighted by Crippen LogP contribution is 2.34. The Balaban J connectivity index is 1.62. The van der Waals surface area contributed by atoms with Crippen molar-refractivity contribution in [3.63, 3.8) is 0 Å². The first kappa shape index (κ1) is 19.8. The Kier molecular flexibility index (Phi) is 6.26. The van der Waals surface area contributed by atoms with Crippen molar-refractivity contribution in [1.29, 1.82) is 0 Å². The number of rotatable bonds is 8. The highest BCUT2D eigenvalue weighted by molar-refractivity contribution is 5.93. The van der Waals surface area contributed by atoms with Crippen molar-refractivity contribution in [3.05, 3.63) is 42.0 Å². The first-order valence-corrected chi connectivity index (χ1v) is 9.34. The fourth-order valence-electron chi connectivity index (χ4n) is 3.02. The van der Waals surface area contributed by atoms with Crippen LogP contribution in [-0.4, -0.2) is 39.5 Å². The molecule has 0 spiro atoms. The molecule has 1 heterocycles. The summed E-state index contributed by atoms with van der Waals surface area (Å²) in [6.45, 7) is 5.31. The van der Waals surface area contributed by atoms with Crippen molar-refractivity contribution in [2.45, 2.75) is 26.4 Å². The summed E-state index contributed by atoms with van der Waals surface area (Å²) >= 11 is 0. The van der Waals surface area contributed by atoms with Gasteiger partial charge in [-0.1, -0.05) is 0 Å². The number of anilines is 1. The zero-order valence-corrected chi connectivity index (χ0v) is 16.7. The molecule has 2 aromatic rings. The standard InChI is InChI=1S/C21H26N2O5/c1-5-26-17-8-6-15(10-19(17)25-4)12-23(3)14(2)21(24)22-16-7-9-18-20(11-16)28-13-27-18/h6-11,14H,5,12-13H2,1-4H3,(H,22,24)/p+1/t14-/m0/s1. The third-order valence-corrected chi connectivity index (χ3v) is 4.78. The lowest BCUT2D eigenvalue weighted by Crippen LogP contribution is -3.12. The Labute approximate surface area is 165 Å². The molecule has 0 saturated heterocycles. The Hall–Kier alpha value is -2.93. The predicted octanol–water partition coefficient (Wildman–Crippen LogP) is 1.86. The molecule has 28 heavy (non-hydrogen) atoms. The van der Waals surface area contributed by atoms with Gasteiger partial charge >= 0.3 is 0 Å². The van der Waals surface area contributed by atoms with Gasteiger partial charge in [0, 0.05) is 17.3 Å². The van der Waals surface area contributed by atoms with E-state index < -0.39 is 0 Å². The number of carbonyl (C=O) groups excluding carboxylic acids is 1. The number of nitrogens with one attached hydrogen (secondary N) is 2. The monoisotopic (exact) mass is 387 g/mol. The summed E-state index contributed by atoms with van der Waals surface area (Å²) in [5, 5.41) is 2.95. The highest BCUT2D eigenvalue weighted by Gasteiger charge is 2.23. The summed E-state index contributed by atoms with van der Waals surface area (Å²) in [5.41, 5.74) is 1.76. The number of hydrogen-bond acceptors (Lipinski definition) is 5. The SMILES string of the molecule is CCOc1ccc(C[NH+](C)[C@@H](C)C(=O)Nc2ccc3c(c2)OCO3)cc1OC. The molecule has 0 bridgehead atoms. The van der Waals surface area contributed by atoms with Crippen LogP contribution in [-0.2, 0) is 11.3 Å². The number of amides is 1. The van der Waals surface area contributed by atoms with E-state index in [0.29, 0.717) is 36.1 Å². The van der Waals surface area contributed by atoms with Gasteiger partial charge in [-0.15, -0.1) is 0 Å². The molecule has 1 unspecified atom stereocenters. The van der Waals surface area contributed by atoms with Gasteiger partial charge in [-0.25, -0.2) is 0 Å². The number of quaternary nitrogens is 1. The van der Waals surface area contributed by atoms with E-state index in [9.17, 15) is 4.79 Å². The molecule has 2 aromatic carbocycles. The first-order chi connectivity index (χ1) is 13.5. The molecule has 150 valence electrons. The summed E-state index contributed by atoms with van der Waals surface area (Å²) < 4.78 is 21.6. The Morgan fingerprint density at radius 1 is 1.18 bits per heavy atom. The lowest BCUT2D eigenvalue weighted by atomic mass is 10.1. The minimum Gasteiger partial charge on any atom is -0.493 e. The molecular weight excluding hydrogens is 360 g/mol. The van der Waals surface area contributed by atoms with Gasteiger partial charge in [0.2, 0.25) is 6.79 Å². The van der Waals surface area contributed by atoms with E-state index in [1.165, 1.54) is 0 Å². The maximum atomic E-state index is 12.7. The normalized spacial score (nSPS) is 14.3. The summed E-state index contributed by atoms with van der Waals surface area (Å²) in [4.78, 5) is 13.7. The lowest BCUT2D eigenvalue weighted by Gasteiger charge is -2.21. The van der Waals surface area contributed by atoms with E-state index in [1.54, 1.807) is 19.2 Å². The van der Waals surface area contributed by atoms with Crippen molar-refractivity contribution in [3.8, 4) is 23.0 Å². The van der Waals surface area contributed by atoms with Gasteiger partial charge in [-0.05, 0) is 44.2 Å². The molecule has 7 nitrogen and oxygen atoms in total. The van der Waals surface area contributed by atoms with Crippen LogP contribution in [0.1, 0.15) is 19.4 Å². The largest absolute Gasteiger partial charge is 0.493 e. The third-order valence-electron chi connectivity index (χ3n) is 4.78. The molecular formula is C21H27N2O5+. The molecule has 0 aliphatic carbocycles. The first-order valence-electron chi connectivity index (χ1n) is 9.34. The Morgan fingerprint density at radius 3 is 2.71 bits per heavy atom. The van der Waals surface area contributed by atoms with E-state index in [2.05, 4.69) is 5.32 Å². The molecule has 0 fully saturated rings. The van der Waals surface area contributed by atoms with Crippen LogP contribution >= 0.6 is 0 Å². The third kappa shape index (κ3) is 4.48. The van der Waals surface area contributed by atoms with Crippen LogP contribution in [0.5, 0.6) is 23.0 Å². The van der Waals surface area contributed by atoms with Crippen molar-refractivity contribution < 1.29 is 28.6 Å². The Bertz CT molecular complexity index is 840. The second kappa shape index (κ2) is 8.84. The van der Waals surface area contributed by atoms with Gasteiger partial charge < -0.3 is 29.2 Å². The maximum absolute atomic E-state index is 12.7. The van der Waals surface area contributed by atoms with Crippen LogP contribution < -0.4 is 29.2 Å². The quantitative estimate of drug-likeness (QED) is 0.724. The number of benzene rings is 2. The van der Waals surface area contributed by atoms with Gasteiger partial charge in [0.15, 0.2) is 29.0 Å². The zero-order chi connectivity index (χ0) is 20.1. The van der Waals surface area contributed by atoms with Crippen molar-refractivity contribution in [2.75, 3.05) is 32.9 Å². The van der Waals surface area contributed by atoms with E-state index >= 15 is 0 Å². The highest BCUT2D eigenvalue weighted by atomic mass is 16.7. The predicted molar refractivity (Wildman–Crippen MR) is 105 cm³/mol. The van der Waals surface area contributed by atoms with Gasteiger partial charge in [0.25, 0.3) is 5.91 Å². The molecule has 1 amide bonds. The molecule has 0 saturated carbocycles. The summed E-state index contributed by atoms with van der Waals surface area (Å²) in [7, 11) is 3.62. The summed E-state index contributed by atoms with van der Waals surface area (Å²) in [6.07, 6.45) is 0. The minimum absolute atomic E-state index is 0.0609. The van der Waals surface area contributed by atoms with Gasteiger partial charge in [0.1, 0.15) is 6.54 Å². The minimum atomic E-state index is -0.247. The molecule has 7 heteroatoms. The molecule has 2 N–H and O–H groups in total. The number of carbonyl (C=O) groups is 1. The summed E-state index contributed by atoms with van der Waals surface area (Å²) in [6, 6.07) is 11.0. The second-order valence-corrected chi connectivity index (χ2v) is 6.72. The zero-order valence-electron chi connectivity index (χ0n) is 16.7. The summed E-state index contributed by atoms with van der Waals surface area (Å²) in [5.74, 6) is 2.70. The smallest absolute Gasteiger partial charge is 0.282 e. The van der Waals surface area contributed by atoms with Crippen LogP contribution in [0.4, 0.5) is 5.69 Å². The van der Waals surface area contributed by atoms with Crippen molar-refractivity contribution in [1.82, 2.24) is 0 Å². The lowest BCUT2D eigenvalue weighted by molar-refractivity contribution is -0.907. The van der Waals surface area contributed by atoms with E-state index in [0.717, 1.165) is 16.2 Å². The molecule has 2 atom stereocenters. The van der Waals surface area contributed by atoms with Crippen molar-refractivity contribution in [2.24, 2.45) is 0 Å². The Morgan fingerprint density at radius 2 is 1.96 bits per heavy atom. The number of fused-ring (bicyclic) bond motifs is 1. The topological polar surface area (TPSA) is 70.5 Å². The fraction of sp³-hybridized carbons (Fsp3) is 0.381. The van der Waals surface area contributed by atoms with Crippen molar-refractivity contribution >= 4 is 11.6 Å². The van der Waals surface area contributed by atoms with Gasteiger partial charge in [-0.3, -0.25) is 4.79 Å². The van der Waals surface area contributed by atoms with E-state index in [1.807, 2.05) is 45.2 Å². The van der Waals surface area contributed by atoms with E-state index in [4.69, 9.17) is 18.9 Å². The second-order valence-electron chi connectivity index (χ2n) is 6.72. The van der Waals surface area contributed by atoms with Crippen LogP contribution in [0.2, 0.25) is 0 Å². The van der Waals surface area contributed by atoms with Gasteiger partial charge in [0.05, 0.1) is 20.8 Å². The molecule has 1 aliphatic rings. The van der Waals surface area contributed by atoms with Gasteiger partial charge in [-0.2, -0.15) is 0 Å². The average molecular weight is 387 g/mol.